The Bertz CT molecular complexity index is 818. The summed E-state index contributed by atoms with van der Waals surface area (Å²) in [5.74, 6) is -1.84. The maximum atomic E-state index is 12.8. The lowest BCUT2D eigenvalue weighted by Crippen LogP contribution is -2.42. The van der Waals surface area contributed by atoms with Crippen molar-refractivity contribution in [2.75, 3.05) is 13.2 Å². The second-order valence-corrected chi connectivity index (χ2v) is 6.70. The smallest absolute Gasteiger partial charge is 0.416 e. The van der Waals surface area contributed by atoms with Crippen LogP contribution < -0.4 is 15.4 Å². The number of halogens is 6. The van der Waals surface area contributed by atoms with Gasteiger partial charge in [-0.1, -0.05) is 6.07 Å². The molecule has 0 saturated carbocycles. The molecule has 0 fully saturated rings. The standard InChI is InChI=1S/C17H14F6N2O3S/c18-16(19,20)10-6-11(17(21,22)23)8-12(7-10)28-9-14(26)25-15(27)24-4-3-13-2-1-5-29-13/h1-2,5-8H,3-4,9H2,(H2,24,25,26,27). The largest absolute Gasteiger partial charge is 0.484 e. The number of carbonyl (C=O) groups is 2. The van der Waals surface area contributed by atoms with Crippen LogP contribution in [0.15, 0.2) is 35.7 Å². The minimum absolute atomic E-state index is 0.0615. The van der Waals surface area contributed by atoms with Crippen molar-refractivity contribution in [2.45, 2.75) is 18.8 Å². The molecule has 0 bridgehead atoms. The molecular weight excluding hydrogens is 426 g/mol. The van der Waals surface area contributed by atoms with Crippen molar-refractivity contribution in [3.05, 3.63) is 51.7 Å². The Hall–Kier alpha value is -2.76. The van der Waals surface area contributed by atoms with Crippen LogP contribution in [0, 0.1) is 0 Å². The molecule has 0 aliphatic heterocycles. The van der Waals surface area contributed by atoms with Crippen molar-refractivity contribution in [2.24, 2.45) is 0 Å². The number of urea groups is 1. The van der Waals surface area contributed by atoms with Gasteiger partial charge in [-0.3, -0.25) is 10.1 Å². The molecule has 0 spiro atoms. The molecule has 0 unspecified atom stereocenters. The van der Waals surface area contributed by atoms with Crippen molar-refractivity contribution < 1.29 is 40.7 Å². The molecular formula is C17H14F6N2O3S. The van der Waals surface area contributed by atoms with Crippen LogP contribution in [-0.4, -0.2) is 25.1 Å². The molecule has 1 aromatic carbocycles. The van der Waals surface area contributed by atoms with Crippen molar-refractivity contribution in [3.63, 3.8) is 0 Å². The maximum absolute atomic E-state index is 12.8. The van der Waals surface area contributed by atoms with E-state index in [0.29, 0.717) is 18.6 Å². The number of rotatable bonds is 6. The fourth-order valence-corrected chi connectivity index (χ4v) is 2.83. The van der Waals surface area contributed by atoms with Crippen LogP contribution >= 0.6 is 11.3 Å². The molecule has 0 radical (unpaired) electrons. The van der Waals surface area contributed by atoms with Crippen LogP contribution in [0.4, 0.5) is 31.1 Å². The number of nitrogens with one attached hydrogen (secondary N) is 2. The SMILES string of the molecule is O=C(COc1cc(C(F)(F)F)cc(C(F)(F)F)c1)NC(=O)NCCc1cccs1. The second-order valence-electron chi connectivity index (χ2n) is 5.66. The third-order valence-electron chi connectivity index (χ3n) is 3.42. The molecule has 0 aliphatic rings. The highest BCUT2D eigenvalue weighted by atomic mass is 32.1. The molecule has 0 aliphatic carbocycles. The third-order valence-corrected chi connectivity index (χ3v) is 4.36. The van der Waals surface area contributed by atoms with Crippen LogP contribution in [0.5, 0.6) is 5.75 Å². The first kappa shape index (κ1) is 22.5. The van der Waals surface area contributed by atoms with E-state index >= 15 is 0 Å². The van der Waals surface area contributed by atoms with E-state index < -0.39 is 47.8 Å². The Balaban J connectivity index is 1.90. The van der Waals surface area contributed by atoms with Gasteiger partial charge in [0.2, 0.25) is 0 Å². The second kappa shape index (κ2) is 9.16. The molecule has 12 heteroatoms. The van der Waals surface area contributed by atoms with Crippen molar-refractivity contribution in [1.82, 2.24) is 10.6 Å². The Morgan fingerprint density at radius 1 is 1.00 bits per heavy atom. The summed E-state index contributed by atoms with van der Waals surface area (Å²) in [5, 5.41) is 6.11. The fourth-order valence-electron chi connectivity index (χ4n) is 2.12. The molecule has 0 saturated heterocycles. The predicted octanol–water partition coefficient (Wildman–Crippen LogP) is 4.23. The van der Waals surface area contributed by atoms with Gasteiger partial charge in [0.15, 0.2) is 6.61 Å². The third kappa shape index (κ3) is 7.29. The minimum Gasteiger partial charge on any atom is -0.484 e. The van der Waals surface area contributed by atoms with Gasteiger partial charge in [0, 0.05) is 11.4 Å². The van der Waals surface area contributed by atoms with Gasteiger partial charge < -0.3 is 10.1 Å². The summed E-state index contributed by atoms with van der Waals surface area (Å²) in [6.07, 6.45) is -9.55. The van der Waals surface area contributed by atoms with Crippen molar-refractivity contribution in [1.29, 1.82) is 0 Å². The summed E-state index contributed by atoms with van der Waals surface area (Å²) in [7, 11) is 0. The number of carbonyl (C=O) groups excluding carboxylic acids is 2. The van der Waals surface area contributed by atoms with Crippen molar-refractivity contribution >= 4 is 23.3 Å². The van der Waals surface area contributed by atoms with Gasteiger partial charge in [0.25, 0.3) is 5.91 Å². The van der Waals surface area contributed by atoms with Crippen LogP contribution in [-0.2, 0) is 23.6 Å². The molecule has 5 nitrogen and oxygen atoms in total. The number of amides is 3. The Labute approximate surface area is 164 Å². The molecule has 0 atom stereocenters. The molecule has 1 heterocycles. The van der Waals surface area contributed by atoms with E-state index in [-0.39, 0.29) is 12.6 Å². The average molecular weight is 440 g/mol. The van der Waals surface area contributed by atoms with E-state index in [9.17, 15) is 35.9 Å². The number of alkyl halides is 6. The van der Waals surface area contributed by atoms with E-state index in [1.807, 2.05) is 22.8 Å². The number of thiophene rings is 1. The summed E-state index contributed by atoms with van der Waals surface area (Å²) in [5.41, 5.74) is -3.15. The summed E-state index contributed by atoms with van der Waals surface area (Å²) in [4.78, 5) is 24.2. The molecule has 2 aromatic rings. The molecule has 2 N–H and O–H groups in total. The van der Waals surface area contributed by atoms with Gasteiger partial charge in [-0.25, -0.2) is 4.79 Å². The Kier molecular flexibility index (Phi) is 7.11. The zero-order valence-corrected chi connectivity index (χ0v) is 15.3. The lowest BCUT2D eigenvalue weighted by molar-refractivity contribution is -0.143. The van der Waals surface area contributed by atoms with Gasteiger partial charge in [-0.15, -0.1) is 11.3 Å². The van der Waals surface area contributed by atoms with Crippen LogP contribution in [0.1, 0.15) is 16.0 Å². The Morgan fingerprint density at radius 3 is 2.14 bits per heavy atom. The highest BCUT2D eigenvalue weighted by Gasteiger charge is 2.37. The highest BCUT2D eigenvalue weighted by Crippen LogP contribution is 2.38. The van der Waals surface area contributed by atoms with E-state index in [0.717, 1.165) is 4.88 Å². The number of hydrogen-bond donors (Lipinski definition) is 2. The topological polar surface area (TPSA) is 67.4 Å². The lowest BCUT2D eigenvalue weighted by atomic mass is 10.1. The summed E-state index contributed by atoms with van der Waals surface area (Å²) in [6, 6.07) is 3.43. The van der Waals surface area contributed by atoms with E-state index in [1.54, 1.807) is 0 Å². The van der Waals surface area contributed by atoms with E-state index in [2.05, 4.69) is 5.32 Å². The molecule has 1 aromatic heterocycles. The molecule has 2 rings (SSSR count). The zero-order chi connectivity index (χ0) is 21.7. The van der Waals surface area contributed by atoms with Gasteiger partial charge in [0.05, 0.1) is 11.1 Å². The van der Waals surface area contributed by atoms with Gasteiger partial charge >= 0.3 is 18.4 Å². The van der Waals surface area contributed by atoms with E-state index in [4.69, 9.17) is 4.74 Å². The van der Waals surface area contributed by atoms with Gasteiger partial charge in [-0.05, 0) is 36.1 Å². The molecule has 29 heavy (non-hydrogen) atoms. The number of ether oxygens (including phenoxy) is 1. The highest BCUT2D eigenvalue weighted by molar-refractivity contribution is 7.09. The number of benzene rings is 1. The van der Waals surface area contributed by atoms with Gasteiger partial charge in [-0.2, -0.15) is 26.3 Å². The maximum Gasteiger partial charge on any atom is 0.416 e. The molecule has 158 valence electrons. The first-order valence-electron chi connectivity index (χ1n) is 7.97. The van der Waals surface area contributed by atoms with Gasteiger partial charge in [0.1, 0.15) is 5.75 Å². The summed E-state index contributed by atoms with van der Waals surface area (Å²) < 4.78 is 81.4. The van der Waals surface area contributed by atoms with Crippen LogP contribution in [0.3, 0.4) is 0 Å². The average Bonchev–Trinajstić information content (AvgIpc) is 3.11. The summed E-state index contributed by atoms with van der Waals surface area (Å²) >= 11 is 1.48. The first-order chi connectivity index (χ1) is 13.4. The monoisotopic (exact) mass is 440 g/mol. The quantitative estimate of drug-likeness (QED) is 0.661. The fraction of sp³-hybridized carbons (Fsp3) is 0.294. The van der Waals surface area contributed by atoms with Crippen LogP contribution in [0.25, 0.3) is 0 Å². The minimum atomic E-state index is -5.04. The summed E-state index contributed by atoms with van der Waals surface area (Å²) in [6.45, 7) is -0.722. The predicted molar refractivity (Wildman–Crippen MR) is 91.5 cm³/mol. The van der Waals surface area contributed by atoms with Crippen LogP contribution in [0.2, 0.25) is 0 Å². The first-order valence-corrected chi connectivity index (χ1v) is 8.85. The lowest BCUT2D eigenvalue weighted by Gasteiger charge is -2.14. The van der Waals surface area contributed by atoms with E-state index in [1.165, 1.54) is 11.3 Å². The molecule has 3 amide bonds. The van der Waals surface area contributed by atoms with Crippen molar-refractivity contribution in [3.8, 4) is 5.75 Å². The number of hydrogen-bond acceptors (Lipinski definition) is 4. The zero-order valence-electron chi connectivity index (χ0n) is 14.5. The number of imide groups is 1. The Morgan fingerprint density at radius 2 is 1.62 bits per heavy atom. The normalized spacial score (nSPS) is 11.8.